The molecule has 1 amide bonds. The number of carboxylic acids is 1. The predicted octanol–water partition coefficient (Wildman–Crippen LogP) is 3.48. The van der Waals surface area contributed by atoms with Gasteiger partial charge < -0.3 is 10.4 Å². The van der Waals surface area contributed by atoms with Crippen LogP contribution < -0.4 is 5.32 Å². The summed E-state index contributed by atoms with van der Waals surface area (Å²) in [7, 11) is 0. The number of aliphatic carboxylic acids is 1. The van der Waals surface area contributed by atoms with E-state index in [0.717, 1.165) is 0 Å². The Hall–Kier alpha value is -1.07. The van der Waals surface area contributed by atoms with Crippen molar-refractivity contribution < 1.29 is 14.7 Å². The molecule has 2 N–H and O–H groups in total. The Bertz CT molecular complexity index is 503. The first-order valence-electron chi connectivity index (χ1n) is 5.70. The molecule has 0 radical (unpaired) electrons. The molecule has 0 saturated carbocycles. The van der Waals surface area contributed by atoms with Crippen LogP contribution in [0, 0.1) is 0 Å². The number of amides is 1. The quantitative estimate of drug-likeness (QED) is 0.856. The van der Waals surface area contributed by atoms with Crippen LogP contribution in [0.25, 0.3) is 0 Å². The standard InChI is InChI=1S/C13H15BrClNO3/c1-13(2,6-5-11(17)18)16-12(19)9-7-8(15)3-4-10(9)14/h3-4,7H,5-6H2,1-2H3,(H,16,19)(H,17,18). The lowest BCUT2D eigenvalue weighted by Gasteiger charge is -2.26. The van der Waals surface area contributed by atoms with E-state index in [-0.39, 0.29) is 12.3 Å². The van der Waals surface area contributed by atoms with Crippen molar-refractivity contribution in [3.63, 3.8) is 0 Å². The van der Waals surface area contributed by atoms with Gasteiger partial charge in [0.05, 0.1) is 5.56 Å². The monoisotopic (exact) mass is 347 g/mol. The SMILES string of the molecule is CC(C)(CCC(=O)O)NC(=O)c1cc(Cl)ccc1Br. The van der Waals surface area contributed by atoms with Crippen molar-refractivity contribution in [3.05, 3.63) is 33.3 Å². The third kappa shape index (κ3) is 5.20. The first-order chi connectivity index (χ1) is 8.71. The third-order valence-corrected chi connectivity index (χ3v) is 3.52. The van der Waals surface area contributed by atoms with Crippen molar-refractivity contribution in [3.8, 4) is 0 Å². The van der Waals surface area contributed by atoms with Crippen LogP contribution in [0.4, 0.5) is 0 Å². The summed E-state index contributed by atoms with van der Waals surface area (Å²) >= 11 is 9.14. The topological polar surface area (TPSA) is 66.4 Å². The highest BCUT2D eigenvalue weighted by molar-refractivity contribution is 9.10. The summed E-state index contributed by atoms with van der Waals surface area (Å²) in [6, 6.07) is 4.94. The second kappa shape index (κ2) is 6.39. The molecule has 1 aromatic carbocycles. The first kappa shape index (κ1) is 16.0. The van der Waals surface area contributed by atoms with Gasteiger partial charge in [0.25, 0.3) is 5.91 Å². The number of hydrogen-bond acceptors (Lipinski definition) is 2. The van der Waals surface area contributed by atoms with E-state index in [1.54, 1.807) is 32.0 Å². The number of carbonyl (C=O) groups is 2. The molecule has 0 aliphatic heterocycles. The van der Waals surface area contributed by atoms with Crippen LogP contribution in [0.1, 0.15) is 37.0 Å². The molecule has 1 aromatic rings. The molecule has 0 aliphatic carbocycles. The van der Waals surface area contributed by atoms with Crippen LogP contribution in [0.5, 0.6) is 0 Å². The molecule has 4 nitrogen and oxygen atoms in total. The van der Waals surface area contributed by atoms with Gasteiger partial charge in [-0.05, 0) is 54.4 Å². The molecule has 19 heavy (non-hydrogen) atoms. The lowest BCUT2D eigenvalue weighted by atomic mass is 9.98. The van der Waals surface area contributed by atoms with Crippen LogP contribution >= 0.6 is 27.5 Å². The third-order valence-electron chi connectivity index (χ3n) is 2.59. The largest absolute Gasteiger partial charge is 0.481 e. The number of rotatable bonds is 5. The number of halogens is 2. The molecule has 1 rings (SSSR count). The van der Waals surface area contributed by atoms with Crippen molar-refractivity contribution in [2.45, 2.75) is 32.2 Å². The first-order valence-corrected chi connectivity index (χ1v) is 6.88. The molecule has 0 unspecified atom stereocenters. The van der Waals surface area contributed by atoms with Gasteiger partial charge in [-0.3, -0.25) is 9.59 Å². The fourth-order valence-corrected chi connectivity index (χ4v) is 2.13. The van der Waals surface area contributed by atoms with E-state index in [1.165, 1.54) is 0 Å². The van der Waals surface area contributed by atoms with E-state index < -0.39 is 11.5 Å². The Labute approximate surface area is 125 Å². The highest BCUT2D eigenvalue weighted by Gasteiger charge is 2.23. The molecule has 6 heteroatoms. The maximum Gasteiger partial charge on any atom is 0.303 e. The van der Waals surface area contributed by atoms with Gasteiger partial charge in [-0.1, -0.05) is 11.6 Å². The molecule has 0 saturated heterocycles. The van der Waals surface area contributed by atoms with Gasteiger partial charge in [-0.2, -0.15) is 0 Å². The zero-order valence-electron chi connectivity index (χ0n) is 10.7. The van der Waals surface area contributed by atoms with Gasteiger partial charge in [0.2, 0.25) is 0 Å². The fraction of sp³-hybridized carbons (Fsp3) is 0.385. The van der Waals surface area contributed by atoms with E-state index in [4.69, 9.17) is 16.7 Å². The Morgan fingerprint density at radius 3 is 2.63 bits per heavy atom. The number of hydrogen-bond donors (Lipinski definition) is 2. The molecule has 0 aliphatic rings. The highest BCUT2D eigenvalue weighted by Crippen LogP contribution is 2.22. The van der Waals surface area contributed by atoms with Crippen LogP contribution in [0.2, 0.25) is 5.02 Å². The fourth-order valence-electron chi connectivity index (χ4n) is 1.53. The smallest absolute Gasteiger partial charge is 0.303 e. The number of carboxylic acid groups (broad SMARTS) is 1. The summed E-state index contributed by atoms with van der Waals surface area (Å²) in [5.74, 6) is -1.17. The summed E-state index contributed by atoms with van der Waals surface area (Å²) in [5.41, 5.74) is -0.173. The average Bonchev–Trinajstić information content (AvgIpc) is 2.29. The summed E-state index contributed by atoms with van der Waals surface area (Å²) in [5, 5.41) is 11.9. The van der Waals surface area contributed by atoms with Crippen LogP contribution in [0.3, 0.4) is 0 Å². The van der Waals surface area contributed by atoms with Gasteiger partial charge >= 0.3 is 5.97 Å². The van der Waals surface area contributed by atoms with Crippen LogP contribution in [-0.4, -0.2) is 22.5 Å². The van der Waals surface area contributed by atoms with Crippen molar-refractivity contribution in [2.75, 3.05) is 0 Å². The Morgan fingerprint density at radius 2 is 2.05 bits per heavy atom. The maximum absolute atomic E-state index is 12.1. The Kier molecular flexibility index (Phi) is 5.38. The maximum atomic E-state index is 12.1. The van der Waals surface area contributed by atoms with E-state index in [1.807, 2.05) is 0 Å². The predicted molar refractivity (Wildman–Crippen MR) is 77.6 cm³/mol. The summed E-state index contributed by atoms with van der Waals surface area (Å²) in [6.07, 6.45) is 0.357. The summed E-state index contributed by atoms with van der Waals surface area (Å²) in [4.78, 5) is 22.7. The molecular formula is C13H15BrClNO3. The zero-order valence-corrected chi connectivity index (χ0v) is 13.0. The minimum atomic E-state index is -0.883. The van der Waals surface area contributed by atoms with Crippen molar-refractivity contribution in [1.29, 1.82) is 0 Å². The minimum Gasteiger partial charge on any atom is -0.481 e. The van der Waals surface area contributed by atoms with E-state index in [2.05, 4.69) is 21.2 Å². The molecule has 0 spiro atoms. The van der Waals surface area contributed by atoms with Gasteiger partial charge in [0, 0.05) is 21.5 Å². The molecule has 0 heterocycles. The molecule has 0 bridgehead atoms. The van der Waals surface area contributed by atoms with Crippen LogP contribution in [0.15, 0.2) is 22.7 Å². The second-order valence-electron chi connectivity index (χ2n) is 4.86. The van der Waals surface area contributed by atoms with Crippen molar-refractivity contribution in [1.82, 2.24) is 5.32 Å². The van der Waals surface area contributed by atoms with Crippen molar-refractivity contribution >= 4 is 39.4 Å². The highest BCUT2D eigenvalue weighted by atomic mass is 79.9. The van der Waals surface area contributed by atoms with Crippen molar-refractivity contribution in [2.24, 2.45) is 0 Å². The van der Waals surface area contributed by atoms with E-state index >= 15 is 0 Å². The Balaban J connectivity index is 2.78. The lowest BCUT2D eigenvalue weighted by Crippen LogP contribution is -2.43. The Morgan fingerprint density at radius 1 is 1.42 bits per heavy atom. The van der Waals surface area contributed by atoms with Gasteiger partial charge in [-0.15, -0.1) is 0 Å². The second-order valence-corrected chi connectivity index (χ2v) is 6.15. The lowest BCUT2D eigenvalue weighted by molar-refractivity contribution is -0.137. The van der Waals surface area contributed by atoms with Crippen LogP contribution in [-0.2, 0) is 4.79 Å². The van der Waals surface area contributed by atoms with E-state index in [9.17, 15) is 9.59 Å². The average molecular weight is 349 g/mol. The van der Waals surface area contributed by atoms with Gasteiger partial charge in [-0.25, -0.2) is 0 Å². The molecule has 0 fully saturated rings. The molecule has 104 valence electrons. The normalized spacial score (nSPS) is 11.2. The molecule has 0 aromatic heterocycles. The van der Waals surface area contributed by atoms with E-state index in [0.29, 0.717) is 21.5 Å². The zero-order chi connectivity index (χ0) is 14.6. The molecule has 0 atom stereocenters. The minimum absolute atomic E-state index is 0.00396. The summed E-state index contributed by atoms with van der Waals surface area (Å²) < 4.78 is 0.642. The van der Waals surface area contributed by atoms with Gasteiger partial charge in [0.1, 0.15) is 0 Å². The summed E-state index contributed by atoms with van der Waals surface area (Å²) in [6.45, 7) is 3.57. The molecular weight excluding hydrogens is 334 g/mol. The number of carbonyl (C=O) groups excluding carboxylic acids is 1. The number of benzene rings is 1. The van der Waals surface area contributed by atoms with Gasteiger partial charge in [0.15, 0.2) is 0 Å². The number of nitrogens with one attached hydrogen (secondary N) is 1.